The van der Waals surface area contributed by atoms with Crippen LogP contribution in [0.4, 0.5) is 13.2 Å². The summed E-state index contributed by atoms with van der Waals surface area (Å²) in [5.41, 5.74) is -0.528. The molecule has 0 heterocycles. The van der Waals surface area contributed by atoms with Gasteiger partial charge in [-0.25, -0.2) is 0 Å². The molecule has 1 nitrogen and oxygen atoms in total. The first kappa shape index (κ1) is 12.8. The molecule has 0 aliphatic rings. The Morgan fingerprint density at radius 2 is 1.86 bits per heavy atom. The van der Waals surface area contributed by atoms with Crippen molar-refractivity contribution < 1.29 is 13.2 Å². The van der Waals surface area contributed by atoms with Gasteiger partial charge in [-0.2, -0.15) is 18.4 Å². The lowest BCUT2D eigenvalue weighted by molar-refractivity contribution is -0.0889. The van der Waals surface area contributed by atoms with Gasteiger partial charge >= 0.3 is 6.18 Å². The van der Waals surface area contributed by atoms with Crippen LogP contribution in [0.1, 0.15) is 27.2 Å². The van der Waals surface area contributed by atoms with Gasteiger partial charge in [-0.05, 0) is 20.3 Å². The number of nitrogens with zero attached hydrogens (tertiary/aromatic N) is 1. The van der Waals surface area contributed by atoms with Crippen molar-refractivity contribution in [2.45, 2.75) is 33.4 Å². The molecule has 0 aromatic rings. The maximum Gasteiger partial charge on any atom is 0.417 e. The summed E-state index contributed by atoms with van der Waals surface area (Å²) >= 11 is 0. The highest BCUT2D eigenvalue weighted by atomic mass is 19.4. The Labute approximate surface area is 81.5 Å². The van der Waals surface area contributed by atoms with Gasteiger partial charge in [-0.15, -0.1) is 0 Å². The minimum absolute atomic E-state index is 0.0924. The Kier molecular flexibility index (Phi) is 4.42. The van der Waals surface area contributed by atoms with Crippen molar-refractivity contribution in [2.24, 2.45) is 0 Å². The third-order valence-electron chi connectivity index (χ3n) is 1.55. The van der Waals surface area contributed by atoms with Crippen LogP contribution in [0.2, 0.25) is 0 Å². The first-order valence-corrected chi connectivity index (χ1v) is 4.18. The van der Waals surface area contributed by atoms with E-state index in [4.69, 9.17) is 5.26 Å². The van der Waals surface area contributed by atoms with Gasteiger partial charge in [-0.1, -0.05) is 18.6 Å². The molecule has 0 aliphatic heterocycles. The third kappa shape index (κ3) is 3.65. The van der Waals surface area contributed by atoms with Gasteiger partial charge < -0.3 is 0 Å². The summed E-state index contributed by atoms with van der Waals surface area (Å²) in [6.07, 6.45) is -3.35. The van der Waals surface area contributed by atoms with Crippen LogP contribution in [0.15, 0.2) is 22.8 Å². The van der Waals surface area contributed by atoms with Gasteiger partial charge in [0.25, 0.3) is 0 Å². The largest absolute Gasteiger partial charge is 0.417 e. The quantitative estimate of drug-likeness (QED) is 0.495. The van der Waals surface area contributed by atoms with E-state index in [1.807, 2.05) is 0 Å². The molecular weight excluding hydrogens is 191 g/mol. The fraction of sp³-hybridized carbons (Fsp3) is 0.500. The van der Waals surface area contributed by atoms with Crippen LogP contribution in [0, 0.1) is 11.3 Å². The second-order valence-corrected chi connectivity index (χ2v) is 3.08. The van der Waals surface area contributed by atoms with E-state index < -0.39 is 11.7 Å². The van der Waals surface area contributed by atoms with Crippen LogP contribution in [0.5, 0.6) is 0 Å². The zero-order valence-electron chi connectivity index (χ0n) is 8.37. The molecule has 0 aromatic heterocycles. The summed E-state index contributed by atoms with van der Waals surface area (Å²) in [7, 11) is 0. The molecule has 0 spiro atoms. The van der Waals surface area contributed by atoms with E-state index >= 15 is 0 Å². The third-order valence-corrected chi connectivity index (χ3v) is 1.55. The number of halogens is 3. The molecule has 0 atom stereocenters. The summed E-state index contributed by atoms with van der Waals surface area (Å²) in [6.45, 7) is 4.66. The lowest BCUT2D eigenvalue weighted by atomic mass is 10.0. The van der Waals surface area contributed by atoms with Gasteiger partial charge in [0.15, 0.2) is 0 Å². The first-order valence-electron chi connectivity index (χ1n) is 4.18. The fourth-order valence-corrected chi connectivity index (χ4v) is 0.958. The molecule has 14 heavy (non-hydrogen) atoms. The smallest absolute Gasteiger partial charge is 0.193 e. The summed E-state index contributed by atoms with van der Waals surface area (Å²) in [6, 6.07) is 1.58. The van der Waals surface area contributed by atoms with Crippen molar-refractivity contribution in [1.29, 1.82) is 5.26 Å². The van der Waals surface area contributed by atoms with Crippen molar-refractivity contribution in [3.63, 3.8) is 0 Å². The molecule has 0 saturated carbocycles. The van der Waals surface area contributed by atoms with Gasteiger partial charge in [0.2, 0.25) is 0 Å². The number of alkyl halides is 3. The summed E-state index contributed by atoms with van der Waals surface area (Å²) in [4.78, 5) is 0. The Balaban J connectivity index is 5.44. The Morgan fingerprint density at radius 1 is 1.36 bits per heavy atom. The van der Waals surface area contributed by atoms with Crippen LogP contribution in [-0.4, -0.2) is 6.18 Å². The summed E-state index contributed by atoms with van der Waals surface area (Å²) < 4.78 is 37.4. The number of allylic oxidation sites excluding steroid dienone is 4. The number of nitriles is 1. The molecular formula is C10H12F3N. The van der Waals surface area contributed by atoms with E-state index in [0.29, 0.717) is 5.57 Å². The normalized spacial score (nSPS) is 12.9. The molecule has 0 rings (SSSR count). The molecule has 0 saturated heterocycles. The average molecular weight is 203 g/mol. The highest BCUT2D eigenvalue weighted by Gasteiger charge is 2.34. The predicted octanol–water partition coefficient (Wildman–Crippen LogP) is 3.75. The zero-order chi connectivity index (χ0) is 11.4. The van der Waals surface area contributed by atoms with E-state index in [0.717, 1.165) is 6.08 Å². The standard InChI is InChI=1S/C10H12F3N/c1-4-8(6-14)9(5-7(2)3)10(11,12)13/h5H,4H2,1-3H3/b9-8-. The van der Waals surface area contributed by atoms with E-state index in [9.17, 15) is 13.2 Å². The van der Waals surface area contributed by atoms with Crippen molar-refractivity contribution in [1.82, 2.24) is 0 Å². The van der Waals surface area contributed by atoms with Gasteiger partial charge in [0.1, 0.15) is 0 Å². The molecule has 4 heteroatoms. The zero-order valence-corrected chi connectivity index (χ0v) is 8.37. The van der Waals surface area contributed by atoms with Gasteiger partial charge in [-0.3, -0.25) is 0 Å². The van der Waals surface area contributed by atoms with Crippen molar-refractivity contribution >= 4 is 0 Å². The van der Waals surface area contributed by atoms with Crippen LogP contribution in [-0.2, 0) is 0 Å². The van der Waals surface area contributed by atoms with Crippen LogP contribution in [0.3, 0.4) is 0 Å². The number of rotatable bonds is 2. The fourth-order valence-electron chi connectivity index (χ4n) is 0.958. The molecule has 0 unspecified atom stereocenters. The topological polar surface area (TPSA) is 23.8 Å². The molecule has 0 fully saturated rings. The van der Waals surface area contributed by atoms with Crippen molar-refractivity contribution in [2.75, 3.05) is 0 Å². The molecule has 0 aliphatic carbocycles. The highest BCUT2D eigenvalue weighted by molar-refractivity contribution is 5.39. The summed E-state index contributed by atoms with van der Waals surface area (Å²) in [5, 5.41) is 8.54. The van der Waals surface area contributed by atoms with E-state index in [-0.39, 0.29) is 12.0 Å². The molecule has 0 amide bonds. The number of hydrogen-bond acceptors (Lipinski definition) is 1. The lowest BCUT2D eigenvalue weighted by Crippen LogP contribution is -2.12. The monoisotopic (exact) mass is 203 g/mol. The van der Waals surface area contributed by atoms with Crippen LogP contribution in [0.25, 0.3) is 0 Å². The summed E-state index contributed by atoms with van der Waals surface area (Å²) in [5.74, 6) is 0. The van der Waals surface area contributed by atoms with E-state index in [1.54, 1.807) is 19.9 Å². The second-order valence-electron chi connectivity index (χ2n) is 3.08. The molecule has 0 bridgehead atoms. The lowest BCUT2D eigenvalue weighted by Gasteiger charge is -2.10. The minimum Gasteiger partial charge on any atom is -0.193 e. The highest BCUT2D eigenvalue weighted by Crippen LogP contribution is 2.30. The molecule has 78 valence electrons. The van der Waals surface area contributed by atoms with Gasteiger partial charge in [0.05, 0.1) is 11.6 Å². The Bertz CT molecular complexity index is 298. The van der Waals surface area contributed by atoms with E-state index in [2.05, 4.69) is 0 Å². The SMILES string of the molecule is CC/C(C#N)=C(\C=C(C)C)C(F)(F)F. The van der Waals surface area contributed by atoms with Crippen LogP contribution < -0.4 is 0 Å². The number of hydrogen-bond donors (Lipinski definition) is 0. The maximum atomic E-state index is 12.5. The van der Waals surface area contributed by atoms with Crippen molar-refractivity contribution in [3.8, 4) is 6.07 Å². The maximum absolute atomic E-state index is 12.5. The van der Waals surface area contributed by atoms with Gasteiger partial charge in [0, 0.05) is 5.57 Å². The second kappa shape index (κ2) is 4.85. The predicted molar refractivity (Wildman–Crippen MR) is 48.4 cm³/mol. The Morgan fingerprint density at radius 3 is 2.07 bits per heavy atom. The first-order chi connectivity index (χ1) is 6.32. The average Bonchev–Trinajstić information content (AvgIpc) is 2.02. The van der Waals surface area contributed by atoms with Crippen molar-refractivity contribution in [3.05, 3.63) is 22.8 Å². The molecule has 0 aromatic carbocycles. The minimum atomic E-state index is -4.45. The Hall–Kier alpha value is -1.24. The molecule has 0 radical (unpaired) electrons. The molecule has 0 N–H and O–H groups in total. The van der Waals surface area contributed by atoms with E-state index in [1.165, 1.54) is 6.92 Å². The van der Waals surface area contributed by atoms with Crippen LogP contribution >= 0.6 is 0 Å².